The molecule has 0 saturated carbocycles. The fourth-order valence-corrected chi connectivity index (χ4v) is 4.16. The van der Waals surface area contributed by atoms with Crippen LogP contribution in [-0.2, 0) is 14.8 Å². The maximum absolute atomic E-state index is 12.7. The second kappa shape index (κ2) is 8.71. The van der Waals surface area contributed by atoms with Gasteiger partial charge in [0.15, 0.2) is 0 Å². The average molecular weight is 412 g/mol. The Morgan fingerprint density at radius 3 is 2.56 bits per heavy atom. The van der Waals surface area contributed by atoms with Crippen molar-refractivity contribution in [1.29, 1.82) is 0 Å². The van der Waals surface area contributed by atoms with Gasteiger partial charge in [0.25, 0.3) is 5.91 Å². The van der Waals surface area contributed by atoms with E-state index in [0.29, 0.717) is 37.7 Å². The van der Waals surface area contributed by atoms with Crippen molar-refractivity contribution >= 4 is 39.7 Å². The predicted octanol–water partition coefficient (Wildman–Crippen LogP) is 2.27. The number of amides is 1. The van der Waals surface area contributed by atoms with E-state index in [0.717, 1.165) is 5.56 Å². The molecular weight excluding hydrogens is 390 g/mol. The number of hydrogen-bond donors (Lipinski definition) is 2. The number of sulfonamides is 1. The summed E-state index contributed by atoms with van der Waals surface area (Å²) in [6, 6.07) is 11.3. The Kier molecular flexibility index (Phi) is 6.83. The van der Waals surface area contributed by atoms with Crippen LogP contribution in [0.1, 0.15) is 15.9 Å². The Balaban J connectivity index is 0.00000261. The first kappa shape index (κ1) is 21.2. The molecule has 0 atom stereocenters. The Labute approximate surface area is 165 Å². The SMILES string of the molecule is Cc1ccc(N)cc1NC(=O)c1cccc(S(=O)(=O)N2CCOCC2)c1.Cl. The fourth-order valence-electron chi connectivity index (χ4n) is 2.70. The first-order valence-corrected chi connectivity index (χ1v) is 9.67. The number of morpholine rings is 1. The average Bonchev–Trinajstić information content (AvgIpc) is 2.65. The maximum Gasteiger partial charge on any atom is 0.255 e. The molecule has 1 saturated heterocycles. The molecule has 2 aromatic carbocycles. The number of nitrogens with one attached hydrogen (secondary N) is 1. The van der Waals surface area contributed by atoms with E-state index in [1.165, 1.54) is 16.4 Å². The summed E-state index contributed by atoms with van der Waals surface area (Å²) in [5.41, 5.74) is 8.02. The molecule has 7 nitrogen and oxygen atoms in total. The lowest BCUT2D eigenvalue weighted by molar-refractivity contribution is 0.0730. The fraction of sp³-hybridized carbons (Fsp3) is 0.278. The smallest absolute Gasteiger partial charge is 0.255 e. The maximum atomic E-state index is 12.7. The summed E-state index contributed by atoms with van der Waals surface area (Å²) in [4.78, 5) is 12.6. The summed E-state index contributed by atoms with van der Waals surface area (Å²) in [6.45, 7) is 3.21. The van der Waals surface area contributed by atoms with E-state index in [2.05, 4.69) is 5.32 Å². The van der Waals surface area contributed by atoms with Crippen molar-refractivity contribution in [2.24, 2.45) is 0 Å². The van der Waals surface area contributed by atoms with Crippen LogP contribution in [0.4, 0.5) is 11.4 Å². The van der Waals surface area contributed by atoms with Crippen LogP contribution in [0.3, 0.4) is 0 Å². The number of rotatable bonds is 4. The summed E-state index contributed by atoms with van der Waals surface area (Å²) in [6.07, 6.45) is 0. The molecule has 9 heteroatoms. The second-order valence-electron chi connectivity index (χ2n) is 6.07. The zero-order valence-electron chi connectivity index (χ0n) is 14.8. The third-order valence-corrected chi connectivity index (χ3v) is 6.11. The number of carbonyl (C=O) groups excluding carboxylic acids is 1. The van der Waals surface area contributed by atoms with Crippen LogP contribution < -0.4 is 11.1 Å². The molecule has 0 bridgehead atoms. The standard InChI is InChI=1S/C18H21N3O4S.ClH/c1-13-5-6-15(19)12-17(13)20-18(22)14-3-2-4-16(11-14)26(23,24)21-7-9-25-10-8-21;/h2-6,11-12H,7-10,19H2,1H3,(H,20,22);1H. The first-order chi connectivity index (χ1) is 12.4. The number of carbonyl (C=O) groups is 1. The molecule has 3 N–H and O–H groups in total. The van der Waals surface area contributed by atoms with Gasteiger partial charge in [-0.1, -0.05) is 12.1 Å². The molecule has 1 heterocycles. The van der Waals surface area contributed by atoms with Crippen LogP contribution in [0.2, 0.25) is 0 Å². The van der Waals surface area contributed by atoms with E-state index >= 15 is 0 Å². The van der Waals surface area contributed by atoms with Gasteiger partial charge < -0.3 is 15.8 Å². The summed E-state index contributed by atoms with van der Waals surface area (Å²) >= 11 is 0. The zero-order valence-corrected chi connectivity index (χ0v) is 16.5. The van der Waals surface area contributed by atoms with Crippen molar-refractivity contribution in [2.75, 3.05) is 37.4 Å². The molecule has 1 amide bonds. The predicted molar refractivity (Wildman–Crippen MR) is 107 cm³/mol. The lowest BCUT2D eigenvalue weighted by atomic mass is 10.1. The van der Waals surface area contributed by atoms with E-state index in [4.69, 9.17) is 10.5 Å². The number of halogens is 1. The van der Waals surface area contributed by atoms with Crippen molar-refractivity contribution < 1.29 is 17.9 Å². The second-order valence-corrected chi connectivity index (χ2v) is 8.01. The van der Waals surface area contributed by atoms with Gasteiger partial charge in [-0.25, -0.2) is 8.42 Å². The Morgan fingerprint density at radius 2 is 1.85 bits per heavy atom. The lowest BCUT2D eigenvalue weighted by Crippen LogP contribution is -2.40. The first-order valence-electron chi connectivity index (χ1n) is 8.23. The van der Waals surface area contributed by atoms with Gasteiger partial charge in [0, 0.05) is 30.0 Å². The number of benzene rings is 2. The van der Waals surface area contributed by atoms with Gasteiger partial charge >= 0.3 is 0 Å². The highest BCUT2D eigenvalue weighted by Gasteiger charge is 2.26. The monoisotopic (exact) mass is 411 g/mol. The summed E-state index contributed by atoms with van der Waals surface area (Å²) in [5, 5.41) is 2.78. The molecule has 0 radical (unpaired) electrons. The molecule has 0 spiro atoms. The number of aryl methyl sites for hydroxylation is 1. The molecule has 1 fully saturated rings. The highest BCUT2D eigenvalue weighted by Crippen LogP contribution is 2.21. The molecular formula is C18H22ClN3O4S. The van der Waals surface area contributed by atoms with Gasteiger partial charge in [0.1, 0.15) is 0 Å². The largest absolute Gasteiger partial charge is 0.399 e. The van der Waals surface area contributed by atoms with E-state index in [1.54, 1.807) is 24.3 Å². The molecule has 146 valence electrons. The van der Waals surface area contributed by atoms with Crippen LogP contribution in [0.15, 0.2) is 47.4 Å². The van der Waals surface area contributed by atoms with Gasteiger partial charge in [0.05, 0.1) is 18.1 Å². The Hall–Kier alpha value is -2.13. The van der Waals surface area contributed by atoms with Crippen LogP contribution in [-0.4, -0.2) is 44.9 Å². The van der Waals surface area contributed by atoms with Gasteiger partial charge in [-0.15, -0.1) is 12.4 Å². The number of nitrogens with zero attached hydrogens (tertiary/aromatic N) is 1. The highest BCUT2D eigenvalue weighted by molar-refractivity contribution is 7.89. The van der Waals surface area contributed by atoms with Crippen LogP contribution in [0.25, 0.3) is 0 Å². The van der Waals surface area contributed by atoms with Gasteiger partial charge in [0.2, 0.25) is 10.0 Å². The van der Waals surface area contributed by atoms with Crippen molar-refractivity contribution in [1.82, 2.24) is 4.31 Å². The number of anilines is 2. The third kappa shape index (κ3) is 4.78. The third-order valence-electron chi connectivity index (χ3n) is 4.21. The Morgan fingerprint density at radius 1 is 1.15 bits per heavy atom. The lowest BCUT2D eigenvalue weighted by Gasteiger charge is -2.26. The molecule has 3 rings (SSSR count). The van der Waals surface area contributed by atoms with E-state index < -0.39 is 15.9 Å². The molecule has 0 unspecified atom stereocenters. The van der Waals surface area contributed by atoms with Crippen molar-refractivity contribution in [3.63, 3.8) is 0 Å². The van der Waals surface area contributed by atoms with Gasteiger partial charge in [-0.05, 0) is 42.8 Å². The number of ether oxygens (including phenoxy) is 1. The quantitative estimate of drug-likeness (QED) is 0.751. The molecule has 1 aliphatic heterocycles. The van der Waals surface area contributed by atoms with Crippen molar-refractivity contribution in [3.8, 4) is 0 Å². The molecule has 1 aliphatic rings. The summed E-state index contributed by atoms with van der Waals surface area (Å²) in [7, 11) is -3.65. The molecule has 0 aromatic heterocycles. The normalized spacial score (nSPS) is 15.0. The zero-order chi connectivity index (χ0) is 18.7. The molecule has 0 aliphatic carbocycles. The van der Waals surface area contributed by atoms with E-state index in [-0.39, 0.29) is 22.9 Å². The minimum atomic E-state index is -3.65. The van der Waals surface area contributed by atoms with Crippen molar-refractivity contribution in [3.05, 3.63) is 53.6 Å². The van der Waals surface area contributed by atoms with Crippen LogP contribution in [0, 0.1) is 6.92 Å². The number of nitrogens with two attached hydrogens (primary N) is 1. The molecule has 27 heavy (non-hydrogen) atoms. The highest BCUT2D eigenvalue weighted by atomic mass is 35.5. The Bertz CT molecular complexity index is 928. The van der Waals surface area contributed by atoms with Crippen LogP contribution in [0.5, 0.6) is 0 Å². The van der Waals surface area contributed by atoms with E-state index in [9.17, 15) is 13.2 Å². The topological polar surface area (TPSA) is 102 Å². The minimum absolute atomic E-state index is 0. The summed E-state index contributed by atoms with van der Waals surface area (Å²) in [5.74, 6) is -0.391. The van der Waals surface area contributed by atoms with Crippen molar-refractivity contribution in [2.45, 2.75) is 11.8 Å². The van der Waals surface area contributed by atoms with E-state index in [1.807, 2.05) is 13.0 Å². The van der Waals surface area contributed by atoms with Crippen LogP contribution >= 0.6 is 12.4 Å². The molecule has 2 aromatic rings. The van der Waals surface area contributed by atoms with Gasteiger partial charge in [-0.2, -0.15) is 4.31 Å². The number of hydrogen-bond acceptors (Lipinski definition) is 5. The summed E-state index contributed by atoms with van der Waals surface area (Å²) < 4.78 is 32.1. The minimum Gasteiger partial charge on any atom is -0.399 e. The number of nitrogen functional groups attached to an aromatic ring is 1. The van der Waals surface area contributed by atoms with Gasteiger partial charge in [-0.3, -0.25) is 4.79 Å².